The fourth-order valence-corrected chi connectivity index (χ4v) is 2.43. The molecule has 101 valence electrons. The summed E-state index contributed by atoms with van der Waals surface area (Å²) in [6.45, 7) is 3.50. The molecule has 0 aliphatic carbocycles. The first kappa shape index (κ1) is 14.0. The Bertz CT molecular complexity index is 526. The van der Waals surface area contributed by atoms with Crippen LogP contribution in [0.4, 0.5) is 8.78 Å². The van der Waals surface area contributed by atoms with Gasteiger partial charge in [-0.15, -0.1) is 0 Å². The van der Waals surface area contributed by atoms with Gasteiger partial charge in [-0.3, -0.25) is 0 Å². The van der Waals surface area contributed by atoms with E-state index in [2.05, 4.69) is 25.1 Å². The van der Waals surface area contributed by atoms with E-state index in [1.807, 2.05) is 24.3 Å². The average Bonchev–Trinajstić information content (AvgIpc) is 2.39. The Labute approximate surface area is 113 Å². The molecule has 0 unspecified atom stereocenters. The van der Waals surface area contributed by atoms with Gasteiger partial charge in [0.15, 0.2) is 0 Å². The van der Waals surface area contributed by atoms with Crippen LogP contribution in [-0.2, 0) is 6.42 Å². The van der Waals surface area contributed by atoms with Gasteiger partial charge in [-0.2, -0.15) is 0 Å². The first-order valence-electron chi connectivity index (χ1n) is 6.76. The summed E-state index contributed by atoms with van der Waals surface area (Å²) in [6.07, 6.45) is 1.35. The zero-order valence-corrected chi connectivity index (χ0v) is 11.0. The summed E-state index contributed by atoms with van der Waals surface area (Å²) in [5, 5.41) is 2.34. The van der Waals surface area contributed by atoms with E-state index in [0.717, 1.165) is 5.56 Å². The number of rotatable bonds is 6. The lowest BCUT2D eigenvalue weighted by Crippen LogP contribution is -2.15. The number of benzene rings is 2. The van der Waals surface area contributed by atoms with Gasteiger partial charge in [-0.25, -0.2) is 8.78 Å². The lowest BCUT2D eigenvalue weighted by Gasteiger charge is -2.15. The van der Waals surface area contributed by atoms with Crippen LogP contribution in [0.1, 0.15) is 31.2 Å². The number of aryl methyl sites for hydroxylation is 1. The molecule has 2 aromatic rings. The topological polar surface area (TPSA) is 0 Å². The highest BCUT2D eigenvalue weighted by atomic mass is 19.3. The normalized spacial score (nSPS) is 11.9. The first-order chi connectivity index (χ1) is 9.12. The maximum Gasteiger partial charge on any atom is 0.248 e. The minimum absolute atomic E-state index is 0.0499. The standard InChI is InChI=1S/C17H19F2/c1-2-12-17(18,19)13-6-10-15-9-5-8-14-7-3-4-11-16(14)15/h3-5,7-9,11H,1-2,6,10,12-13H2. The smallest absolute Gasteiger partial charge is 0.207 e. The molecule has 0 heterocycles. The molecule has 0 bridgehead atoms. The van der Waals surface area contributed by atoms with E-state index < -0.39 is 5.92 Å². The molecule has 0 atom stereocenters. The predicted octanol–water partition coefficient (Wildman–Crippen LogP) is 5.41. The monoisotopic (exact) mass is 261 g/mol. The second-order valence-corrected chi connectivity index (χ2v) is 4.95. The van der Waals surface area contributed by atoms with Crippen LogP contribution in [0.3, 0.4) is 0 Å². The summed E-state index contributed by atoms with van der Waals surface area (Å²) in [5.41, 5.74) is 1.16. The second-order valence-electron chi connectivity index (χ2n) is 4.95. The van der Waals surface area contributed by atoms with Gasteiger partial charge in [0.1, 0.15) is 0 Å². The molecule has 0 saturated heterocycles. The van der Waals surface area contributed by atoms with Gasteiger partial charge >= 0.3 is 0 Å². The van der Waals surface area contributed by atoms with Crippen molar-refractivity contribution >= 4 is 10.8 Å². The van der Waals surface area contributed by atoms with Crippen LogP contribution in [0.5, 0.6) is 0 Å². The van der Waals surface area contributed by atoms with Crippen molar-refractivity contribution in [2.24, 2.45) is 0 Å². The van der Waals surface area contributed by atoms with Crippen LogP contribution in [0, 0.1) is 6.92 Å². The van der Waals surface area contributed by atoms with E-state index in [9.17, 15) is 8.78 Å². The molecule has 2 aromatic carbocycles. The van der Waals surface area contributed by atoms with Gasteiger partial charge < -0.3 is 0 Å². The highest BCUT2D eigenvalue weighted by Crippen LogP contribution is 2.28. The summed E-state index contributed by atoms with van der Waals surface area (Å²) in [5.74, 6) is -2.56. The summed E-state index contributed by atoms with van der Waals surface area (Å²) in [7, 11) is 0. The SMILES string of the molecule is [CH2]CCC(F)(F)CCCc1cccc2ccccc12. The van der Waals surface area contributed by atoms with E-state index >= 15 is 0 Å². The average molecular weight is 261 g/mol. The fraction of sp³-hybridized carbons (Fsp3) is 0.353. The van der Waals surface area contributed by atoms with Crippen molar-refractivity contribution in [1.82, 2.24) is 0 Å². The first-order valence-corrected chi connectivity index (χ1v) is 6.76. The van der Waals surface area contributed by atoms with Crippen molar-refractivity contribution in [3.63, 3.8) is 0 Å². The van der Waals surface area contributed by atoms with Crippen LogP contribution >= 0.6 is 0 Å². The number of fused-ring (bicyclic) bond motifs is 1. The Morgan fingerprint density at radius 3 is 2.47 bits per heavy atom. The summed E-state index contributed by atoms with van der Waals surface area (Å²) < 4.78 is 26.8. The van der Waals surface area contributed by atoms with Crippen molar-refractivity contribution in [3.8, 4) is 0 Å². The molecule has 0 saturated carbocycles. The predicted molar refractivity (Wildman–Crippen MR) is 76.4 cm³/mol. The summed E-state index contributed by atoms with van der Waals surface area (Å²) in [4.78, 5) is 0. The molecule has 19 heavy (non-hydrogen) atoms. The van der Waals surface area contributed by atoms with Gasteiger partial charge in [0, 0.05) is 12.8 Å². The quantitative estimate of drug-likeness (QED) is 0.652. The van der Waals surface area contributed by atoms with Gasteiger partial charge in [0.05, 0.1) is 0 Å². The highest BCUT2D eigenvalue weighted by Gasteiger charge is 2.26. The van der Waals surface area contributed by atoms with Gasteiger partial charge in [-0.05, 0) is 35.6 Å². The van der Waals surface area contributed by atoms with Crippen LogP contribution in [0.2, 0.25) is 0 Å². The molecule has 0 aromatic heterocycles. The minimum atomic E-state index is -2.56. The van der Waals surface area contributed by atoms with Crippen molar-refractivity contribution in [1.29, 1.82) is 0 Å². The summed E-state index contributed by atoms with van der Waals surface area (Å²) >= 11 is 0. The molecule has 0 N–H and O–H groups in total. The van der Waals surface area contributed by atoms with Crippen LogP contribution < -0.4 is 0 Å². The Morgan fingerprint density at radius 1 is 0.947 bits per heavy atom. The largest absolute Gasteiger partial charge is 0.248 e. The molecule has 0 fully saturated rings. The minimum Gasteiger partial charge on any atom is -0.207 e. The van der Waals surface area contributed by atoms with Gasteiger partial charge in [0.2, 0.25) is 5.92 Å². The van der Waals surface area contributed by atoms with Crippen molar-refractivity contribution < 1.29 is 8.78 Å². The van der Waals surface area contributed by atoms with E-state index in [0.29, 0.717) is 19.3 Å². The Hall–Kier alpha value is -1.44. The van der Waals surface area contributed by atoms with E-state index in [-0.39, 0.29) is 12.8 Å². The Balaban J connectivity index is 2.02. The lowest BCUT2D eigenvalue weighted by molar-refractivity contribution is -0.0169. The molecule has 0 nitrogen and oxygen atoms in total. The molecule has 0 amide bonds. The van der Waals surface area contributed by atoms with Crippen LogP contribution in [0.15, 0.2) is 42.5 Å². The third-order valence-electron chi connectivity index (χ3n) is 3.41. The van der Waals surface area contributed by atoms with Crippen LogP contribution in [0.25, 0.3) is 10.8 Å². The zero-order chi connectivity index (χ0) is 13.7. The molecular weight excluding hydrogens is 242 g/mol. The van der Waals surface area contributed by atoms with Gasteiger partial charge in [-0.1, -0.05) is 49.4 Å². The van der Waals surface area contributed by atoms with Crippen molar-refractivity contribution in [2.45, 2.75) is 38.0 Å². The van der Waals surface area contributed by atoms with Crippen molar-refractivity contribution in [2.75, 3.05) is 0 Å². The van der Waals surface area contributed by atoms with E-state index in [4.69, 9.17) is 0 Å². The molecule has 0 aliphatic rings. The van der Waals surface area contributed by atoms with Gasteiger partial charge in [0.25, 0.3) is 0 Å². The number of hydrogen-bond acceptors (Lipinski definition) is 0. The molecule has 1 radical (unpaired) electrons. The Morgan fingerprint density at radius 2 is 1.68 bits per heavy atom. The second kappa shape index (κ2) is 6.14. The van der Waals surface area contributed by atoms with Crippen molar-refractivity contribution in [3.05, 3.63) is 55.0 Å². The number of alkyl halides is 2. The molecule has 0 spiro atoms. The number of hydrogen-bond donors (Lipinski definition) is 0. The molecular formula is C17H19F2. The number of halogens is 2. The molecule has 0 aliphatic heterocycles. The third kappa shape index (κ3) is 3.76. The fourth-order valence-electron chi connectivity index (χ4n) is 2.43. The lowest BCUT2D eigenvalue weighted by atomic mass is 9.98. The van der Waals surface area contributed by atoms with E-state index in [1.165, 1.54) is 10.8 Å². The maximum atomic E-state index is 13.4. The molecule has 2 rings (SSSR count). The molecule has 2 heteroatoms. The third-order valence-corrected chi connectivity index (χ3v) is 3.41. The maximum absolute atomic E-state index is 13.4. The zero-order valence-electron chi connectivity index (χ0n) is 11.0. The summed E-state index contributed by atoms with van der Waals surface area (Å²) in [6, 6.07) is 14.2. The van der Waals surface area contributed by atoms with E-state index in [1.54, 1.807) is 0 Å². The van der Waals surface area contributed by atoms with Crippen LogP contribution in [-0.4, -0.2) is 5.92 Å². The highest BCUT2D eigenvalue weighted by molar-refractivity contribution is 5.85. The Kier molecular flexibility index (Phi) is 4.52.